The summed E-state index contributed by atoms with van der Waals surface area (Å²) in [6, 6.07) is 21.1. The quantitative estimate of drug-likeness (QED) is 0.455. The molecule has 1 unspecified atom stereocenters. The molecule has 1 atom stereocenters. The first-order valence-corrected chi connectivity index (χ1v) is 8.07. The van der Waals surface area contributed by atoms with Gasteiger partial charge in [-0.3, -0.25) is 0 Å². The molecule has 0 aliphatic rings. The van der Waals surface area contributed by atoms with Crippen molar-refractivity contribution in [3.8, 4) is 0 Å². The van der Waals surface area contributed by atoms with Crippen LogP contribution in [0.2, 0.25) is 0 Å². The molecule has 0 heterocycles. The van der Waals surface area contributed by atoms with E-state index in [1.54, 1.807) is 0 Å². The first kappa shape index (κ1) is 16.5. The lowest BCUT2D eigenvalue weighted by atomic mass is 9.96. The highest BCUT2D eigenvalue weighted by Crippen LogP contribution is 2.19. The fourth-order valence-electron chi connectivity index (χ4n) is 2.56. The van der Waals surface area contributed by atoms with Crippen molar-refractivity contribution in [2.75, 3.05) is 6.61 Å². The summed E-state index contributed by atoms with van der Waals surface area (Å²) in [7, 11) is 0. The van der Waals surface area contributed by atoms with Crippen molar-refractivity contribution in [3.63, 3.8) is 0 Å². The third-order valence-electron chi connectivity index (χ3n) is 3.96. The smallest absolute Gasteiger partial charge is 0.0871 e. The van der Waals surface area contributed by atoms with E-state index < -0.39 is 0 Å². The molecule has 0 bridgehead atoms. The third kappa shape index (κ3) is 5.50. The summed E-state index contributed by atoms with van der Waals surface area (Å²) in [4.78, 5) is 0. The average molecular weight is 294 g/mol. The van der Waals surface area contributed by atoms with Gasteiger partial charge in [0.15, 0.2) is 0 Å². The fourth-order valence-corrected chi connectivity index (χ4v) is 2.56. The van der Waals surface area contributed by atoms with Crippen LogP contribution in [0.25, 0.3) is 0 Å². The summed E-state index contributed by atoms with van der Waals surface area (Å²) < 4.78 is 6.10. The van der Waals surface area contributed by atoms with E-state index in [9.17, 15) is 0 Å². The molecule has 0 aliphatic carbocycles. The lowest BCUT2D eigenvalue weighted by Gasteiger charge is -2.26. The van der Waals surface area contributed by atoms with Gasteiger partial charge in [-0.1, -0.05) is 66.7 Å². The number of hydrogen-bond acceptors (Lipinski definition) is 1. The Labute approximate surface area is 134 Å². The topological polar surface area (TPSA) is 9.23 Å². The molecular weight excluding hydrogens is 268 g/mol. The summed E-state index contributed by atoms with van der Waals surface area (Å²) >= 11 is 0. The fraction of sp³-hybridized carbons (Fsp3) is 0.333. The van der Waals surface area contributed by atoms with Gasteiger partial charge in [-0.25, -0.2) is 0 Å². The standard InChI is InChI=1S/C21H26O/c1-3-21(2,18-20-15-8-5-9-16-20)22-17-11-10-14-19-12-6-4-7-13-19/h3-9,12-13,15-16H,1,10-11,14,17-18H2,2H3. The van der Waals surface area contributed by atoms with Crippen molar-refractivity contribution in [1.29, 1.82) is 0 Å². The van der Waals surface area contributed by atoms with E-state index in [1.807, 2.05) is 12.1 Å². The third-order valence-corrected chi connectivity index (χ3v) is 3.96. The Kier molecular flexibility index (Phi) is 6.42. The minimum absolute atomic E-state index is 0.284. The highest BCUT2D eigenvalue weighted by molar-refractivity contribution is 5.19. The minimum Gasteiger partial charge on any atom is -0.371 e. The Morgan fingerprint density at radius 2 is 1.50 bits per heavy atom. The number of aryl methyl sites for hydroxylation is 1. The van der Waals surface area contributed by atoms with Crippen LogP contribution in [-0.4, -0.2) is 12.2 Å². The van der Waals surface area contributed by atoms with E-state index >= 15 is 0 Å². The summed E-state index contributed by atoms with van der Waals surface area (Å²) in [5.74, 6) is 0. The van der Waals surface area contributed by atoms with E-state index in [4.69, 9.17) is 4.74 Å². The summed E-state index contributed by atoms with van der Waals surface area (Å²) in [6.45, 7) is 6.85. The summed E-state index contributed by atoms with van der Waals surface area (Å²) in [6.07, 6.45) is 6.15. The van der Waals surface area contributed by atoms with Crippen molar-refractivity contribution in [2.24, 2.45) is 0 Å². The van der Waals surface area contributed by atoms with Gasteiger partial charge in [-0.15, -0.1) is 6.58 Å². The van der Waals surface area contributed by atoms with Crippen LogP contribution in [-0.2, 0) is 17.6 Å². The Bertz CT molecular complexity index is 547. The van der Waals surface area contributed by atoms with E-state index in [-0.39, 0.29) is 5.60 Å². The van der Waals surface area contributed by atoms with E-state index in [1.165, 1.54) is 11.1 Å². The van der Waals surface area contributed by atoms with Crippen LogP contribution in [0.15, 0.2) is 73.3 Å². The zero-order valence-electron chi connectivity index (χ0n) is 13.5. The summed E-state index contributed by atoms with van der Waals surface area (Å²) in [5.41, 5.74) is 2.40. The second kappa shape index (κ2) is 8.55. The maximum Gasteiger partial charge on any atom is 0.0871 e. The normalized spacial score (nSPS) is 13.5. The summed E-state index contributed by atoms with van der Waals surface area (Å²) in [5, 5.41) is 0. The van der Waals surface area contributed by atoms with Gasteiger partial charge in [0.25, 0.3) is 0 Å². The number of ether oxygens (including phenoxy) is 1. The van der Waals surface area contributed by atoms with Crippen molar-refractivity contribution in [3.05, 3.63) is 84.4 Å². The lowest BCUT2D eigenvalue weighted by Crippen LogP contribution is -2.29. The lowest BCUT2D eigenvalue weighted by molar-refractivity contribution is 0.00428. The zero-order chi connectivity index (χ0) is 15.7. The van der Waals surface area contributed by atoms with Crippen LogP contribution in [0.3, 0.4) is 0 Å². The van der Waals surface area contributed by atoms with E-state index in [0.29, 0.717) is 0 Å². The van der Waals surface area contributed by atoms with Gasteiger partial charge in [0.1, 0.15) is 0 Å². The number of rotatable bonds is 9. The molecule has 0 aromatic heterocycles. The van der Waals surface area contributed by atoms with Crippen molar-refractivity contribution in [2.45, 2.75) is 38.2 Å². The maximum atomic E-state index is 6.10. The Morgan fingerprint density at radius 3 is 2.09 bits per heavy atom. The molecule has 2 aromatic carbocycles. The molecule has 2 rings (SSSR count). The molecule has 0 amide bonds. The SMILES string of the molecule is C=CC(C)(Cc1ccccc1)OCCCCc1ccccc1. The Hall–Kier alpha value is -1.86. The van der Waals surface area contributed by atoms with E-state index in [0.717, 1.165) is 32.3 Å². The molecule has 0 aliphatic heterocycles. The van der Waals surface area contributed by atoms with Gasteiger partial charge in [-0.2, -0.15) is 0 Å². The molecule has 0 radical (unpaired) electrons. The second-order valence-electron chi connectivity index (χ2n) is 5.97. The van der Waals surface area contributed by atoms with Crippen molar-refractivity contribution >= 4 is 0 Å². The molecule has 22 heavy (non-hydrogen) atoms. The minimum atomic E-state index is -0.284. The van der Waals surface area contributed by atoms with Crippen LogP contribution in [0.5, 0.6) is 0 Å². The molecular formula is C21H26O. The van der Waals surface area contributed by atoms with Gasteiger partial charge in [0, 0.05) is 13.0 Å². The molecule has 0 fully saturated rings. The Balaban J connectivity index is 1.72. The monoisotopic (exact) mass is 294 g/mol. The molecule has 0 saturated heterocycles. The largest absolute Gasteiger partial charge is 0.371 e. The van der Waals surface area contributed by atoms with Crippen molar-refractivity contribution < 1.29 is 4.74 Å². The van der Waals surface area contributed by atoms with Gasteiger partial charge < -0.3 is 4.74 Å². The molecule has 0 spiro atoms. The predicted molar refractivity (Wildman–Crippen MR) is 94.1 cm³/mol. The first-order valence-electron chi connectivity index (χ1n) is 8.07. The molecule has 0 saturated carbocycles. The second-order valence-corrected chi connectivity index (χ2v) is 5.97. The van der Waals surface area contributed by atoms with Crippen LogP contribution in [0.1, 0.15) is 30.9 Å². The van der Waals surface area contributed by atoms with Gasteiger partial charge in [0.2, 0.25) is 0 Å². The van der Waals surface area contributed by atoms with Gasteiger partial charge in [-0.05, 0) is 37.3 Å². The highest BCUT2D eigenvalue weighted by atomic mass is 16.5. The molecule has 1 heteroatoms. The average Bonchev–Trinajstić information content (AvgIpc) is 2.56. The number of unbranched alkanes of at least 4 members (excludes halogenated alkanes) is 1. The molecule has 116 valence electrons. The maximum absolute atomic E-state index is 6.10. The number of hydrogen-bond donors (Lipinski definition) is 0. The van der Waals surface area contributed by atoms with Crippen LogP contribution >= 0.6 is 0 Å². The number of benzene rings is 2. The molecule has 0 N–H and O–H groups in total. The Morgan fingerprint density at radius 1 is 0.909 bits per heavy atom. The van der Waals surface area contributed by atoms with Crippen LogP contribution in [0.4, 0.5) is 0 Å². The zero-order valence-corrected chi connectivity index (χ0v) is 13.5. The van der Waals surface area contributed by atoms with E-state index in [2.05, 4.69) is 68.1 Å². The van der Waals surface area contributed by atoms with Crippen LogP contribution < -0.4 is 0 Å². The molecule has 1 nitrogen and oxygen atoms in total. The van der Waals surface area contributed by atoms with Crippen LogP contribution in [0, 0.1) is 0 Å². The highest BCUT2D eigenvalue weighted by Gasteiger charge is 2.21. The van der Waals surface area contributed by atoms with Gasteiger partial charge in [0.05, 0.1) is 5.60 Å². The van der Waals surface area contributed by atoms with Crippen molar-refractivity contribution in [1.82, 2.24) is 0 Å². The molecule has 2 aromatic rings. The van der Waals surface area contributed by atoms with Gasteiger partial charge >= 0.3 is 0 Å². The first-order chi connectivity index (χ1) is 10.7. The predicted octanol–water partition coefficient (Wildman–Crippen LogP) is 5.21.